The minimum Gasteiger partial charge on any atom is -0.481 e. The lowest BCUT2D eigenvalue weighted by Crippen LogP contribution is -2.42. The smallest absolute Gasteiger partial charge is 0.312 e. The normalized spacial score (nSPS) is 32.7. The molecule has 0 radical (unpaired) electrons. The molecule has 0 amide bonds. The fourth-order valence-corrected chi connectivity index (χ4v) is 3.50. The average molecular weight is 285 g/mol. The number of carboxylic acid groups (broad SMARTS) is 1. The second kappa shape index (κ2) is 4.46. The summed E-state index contributed by atoms with van der Waals surface area (Å²) >= 11 is 5.93. The summed E-state index contributed by atoms with van der Waals surface area (Å²) in [6.45, 7) is 0. The van der Waals surface area contributed by atoms with E-state index in [1.54, 1.807) is 12.1 Å². The molecule has 3 atom stereocenters. The lowest BCUT2D eigenvalue weighted by molar-refractivity contribution is -0.152. The van der Waals surface area contributed by atoms with Crippen LogP contribution in [-0.4, -0.2) is 23.3 Å². The monoisotopic (exact) mass is 284 g/mol. The molecule has 2 heterocycles. The van der Waals surface area contributed by atoms with Crippen LogP contribution in [0, 0.1) is 11.2 Å². The third-order valence-corrected chi connectivity index (χ3v) is 4.70. The van der Waals surface area contributed by atoms with Crippen LogP contribution >= 0.6 is 11.6 Å². The largest absolute Gasteiger partial charge is 0.481 e. The summed E-state index contributed by atoms with van der Waals surface area (Å²) in [6.07, 6.45) is 2.11. The third kappa shape index (κ3) is 1.94. The Hall–Kier alpha value is -1.13. The average Bonchev–Trinajstić information content (AvgIpc) is 2.96. The van der Waals surface area contributed by atoms with Crippen LogP contribution in [0.5, 0.6) is 0 Å². The van der Waals surface area contributed by atoms with E-state index in [-0.39, 0.29) is 23.7 Å². The van der Waals surface area contributed by atoms with Crippen molar-refractivity contribution in [2.24, 2.45) is 5.41 Å². The van der Waals surface area contributed by atoms with Crippen LogP contribution in [0.15, 0.2) is 18.2 Å². The van der Waals surface area contributed by atoms with E-state index < -0.39 is 17.2 Å². The van der Waals surface area contributed by atoms with Crippen molar-refractivity contribution >= 4 is 17.6 Å². The van der Waals surface area contributed by atoms with Crippen molar-refractivity contribution in [3.05, 3.63) is 34.6 Å². The number of benzene rings is 1. The van der Waals surface area contributed by atoms with E-state index in [0.29, 0.717) is 12.0 Å². The van der Waals surface area contributed by atoms with Gasteiger partial charge in [0.05, 0.1) is 17.2 Å². The van der Waals surface area contributed by atoms with E-state index in [1.807, 2.05) is 0 Å². The van der Waals surface area contributed by atoms with E-state index in [4.69, 9.17) is 16.3 Å². The van der Waals surface area contributed by atoms with Gasteiger partial charge in [-0.2, -0.15) is 0 Å². The fourth-order valence-electron chi connectivity index (χ4n) is 3.31. The van der Waals surface area contributed by atoms with Crippen molar-refractivity contribution in [1.82, 2.24) is 0 Å². The van der Waals surface area contributed by atoms with Crippen LogP contribution in [0.3, 0.4) is 0 Å². The topological polar surface area (TPSA) is 46.5 Å². The summed E-state index contributed by atoms with van der Waals surface area (Å²) in [5.41, 5.74) is -0.416. The van der Waals surface area contributed by atoms with Crippen LogP contribution in [0.2, 0.25) is 5.02 Å². The summed E-state index contributed by atoms with van der Waals surface area (Å²) in [5, 5.41) is 9.61. The van der Waals surface area contributed by atoms with Gasteiger partial charge in [0.25, 0.3) is 0 Å². The molecule has 1 aromatic rings. The van der Waals surface area contributed by atoms with Gasteiger partial charge in [0.1, 0.15) is 11.2 Å². The molecule has 2 bridgehead atoms. The van der Waals surface area contributed by atoms with Gasteiger partial charge in [-0.1, -0.05) is 23.7 Å². The first kappa shape index (κ1) is 12.9. The van der Waals surface area contributed by atoms with Gasteiger partial charge in [-0.05, 0) is 37.3 Å². The summed E-state index contributed by atoms with van der Waals surface area (Å²) < 4.78 is 19.1. The van der Waals surface area contributed by atoms with E-state index in [2.05, 4.69) is 0 Å². The molecule has 0 aromatic heterocycles. The van der Waals surface area contributed by atoms with Gasteiger partial charge in [0.15, 0.2) is 0 Å². The first-order valence-electron chi connectivity index (χ1n) is 6.35. The van der Waals surface area contributed by atoms with Gasteiger partial charge in [-0.25, -0.2) is 4.39 Å². The zero-order chi connectivity index (χ0) is 13.6. The van der Waals surface area contributed by atoms with E-state index >= 15 is 0 Å². The molecule has 1 N–H and O–H groups in total. The first-order chi connectivity index (χ1) is 9.03. The van der Waals surface area contributed by atoms with Gasteiger partial charge in [-0.15, -0.1) is 0 Å². The predicted octanol–water partition coefficient (Wildman–Crippen LogP) is 3.04. The molecule has 3 rings (SSSR count). The van der Waals surface area contributed by atoms with Gasteiger partial charge in [0, 0.05) is 0 Å². The Morgan fingerprint density at radius 2 is 2.32 bits per heavy atom. The molecule has 1 aromatic carbocycles. The highest BCUT2D eigenvalue weighted by molar-refractivity contribution is 6.31. The lowest BCUT2D eigenvalue weighted by Gasteiger charge is -2.31. The zero-order valence-electron chi connectivity index (χ0n) is 10.2. The molecule has 2 saturated heterocycles. The molecule has 0 spiro atoms. The Labute approximate surface area is 115 Å². The molecule has 3 nitrogen and oxygen atoms in total. The molecular formula is C14H14ClFO3. The third-order valence-electron chi connectivity index (χ3n) is 4.28. The number of hydrogen-bond donors (Lipinski definition) is 1. The first-order valence-corrected chi connectivity index (χ1v) is 6.72. The minimum absolute atomic E-state index is 0.0194. The molecule has 0 aliphatic carbocycles. The van der Waals surface area contributed by atoms with Gasteiger partial charge in [0.2, 0.25) is 0 Å². The van der Waals surface area contributed by atoms with Crippen LogP contribution < -0.4 is 0 Å². The van der Waals surface area contributed by atoms with Gasteiger partial charge < -0.3 is 9.84 Å². The lowest BCUT2D eigenvalue weighted by atomic mass is 9.70. The van der Waals surface area contributed by atoms with Crippen LogP contribution in [-0.2, 0) is 16.0 Å². The molecular weight excluding hydrogens is 271 g/mol. The second-order valence-electron chi connectivity index (χ2n) is 5.38. The molecule has 102 valence electrons. The number of carbonyl (C=O) groups is 1. The quantitative estimate of drug-likeness (QED) is 0.928. The number of aliphatic carboxylic acids is 1. The number of hydrogen-bond acceptors (Lipinski definition) is 2. The Morgan fingerprint density at radius 1 is 1.53 bits per heavy atom. The van der Waals surface area contributed by atoms with Crippen LogP contribution in [0.1, 0.15) is 24.8 Å². The highest BCUT2D eigenvalue weighted by atomic mass is 35.5. The summed E-state index contributed by atoms with van der Waals surface area (Å²) in [6, 6.07) is 4.51. The fraction of sp³-hybridized carbons (Fsp3) is 0.500. The maximum absolute atomic E-state index is 13.5. The highest BCUT2D eigenvalue weighted by Crippen LogP contribution is 2.50. The standard InChI is InChI=1S/C14H14ClFO3/c15-12-8(2-1-3-10(12)16)6-14(13(17)18)7-9-4-5-11(14)19-9/h1-3,9,11H,4-7H2,(H,17,18). The van der Waals surface area contributed by atoms with Crippen molar-refractivity contribution in [3.8, 4) is 0 Å². The Morgan fingerprint density at radius 3 is 2.89 bits per heavy atom. The summed E-state index contributed by atoms with van der Waals surface area (Å²) in [4.78, 5) is 11.7. The van der Waals surface area contributed by atoms with Crippen molar-refractivity contribution in [1.29, 1.82) is 0 Å². The Balaban J connectivity index is 1.95. The Bertz CT molecular complexity index is 533. The second-order valence-corrected chi connectivity index (χ2v) is 5.76. The zero-order valence-corrected chi connectivity index (χ0v) is 11.0. The number of ether oxygens (including phenoxy) is 1. The van der Waals surface area contributed by atoms with E-state index in [1.165, 1.54) is 6.07 Å². The van der Waals surface area contributed by atoms with Gasteiger partial charge >= 0.3 is 5.97 Å². The van der Waals surface area contributed by atoms with Crippen molar-refractivity contribution in [2.75, 3.05) is 0 Å². The van der Waals surface area contributed by atoms with Crippen molar-refractivity contribution in [3.63, 3.8) is 0 Å². The number of carboxylic acids is 1. The summed E-state index contributed by atoms with van der Waals surface area (Å²) in [7, 11) is 0. The number of rotatable bonds is 3. The van der Waals surface area contributed by atoms with Crippen LogP contribution in [0.25, 0.3) is 0 Å². The maximum Gasteiger partial charge on any atom is 0.312 e. The molecule has 2 fully saturated rings. The SMILES string of the molecule is O=C(O)C1(Cc2cccc(F)c2Cl)CC2CCC1O2. The molecule has 3 unspecified atom stereocenters. The van der Waals surface area contributed by atoms with Crippen molar-refractivity contribution < 1.29 is 19.0 Å². The Kier molecular flexibility index (Phi) is 3.02. The predicted molar refractivity (Wildman–Crippen MR) is 67.7 cm³/mol. The van der Waals surface area contributed by atoms with Crippen LogP contribution in [0.4, 0.5) is 4.39 Å². The molecule has 2 aliphatic heterocycles. The van der Waals surface area contributed by atoms with Crippen molar-refractivity contribution in [2.45, 2.75) is 37.9 Å². The van der Waals surface area contributed by atoms with E-state index in [0.717, 1.165) is 12.8 Å². The molecule has 19 heavy (non-hydrogen) atoms. The number of halogens is 2. The number of fused-ring (bicyclic) bond motifs is 2. The van der Waals surface area contributed by atoms with E-state index in [9.17, 15) is 14.3 Å². The molecule has 5 heteroatoms. The highest BCUT2D eigenvalue weighted by Gasteiger charge is 2.57. The van der Waals surface area contributed by atoms with Gasteiger partial charge in [-0.3, -0.25) is 4.79 Å². The summed E-state index contributed by atoms with van der Waals surface area (Å²) in [5.74, 6) is -1.39. The maximum atomic E-state index is 13.5. The molecule has 2 aliphatic rings. The molecule has 0 saturated carbocycles. The minimum atomic E-state index is -0.958.